The lowest BCUT2D eigenvalue weighted by Crippen LogP contribution is -2.37. The van der Waals surface area contributed by atoms with E-state index in [0.29, 0.717) is 12.1 Å². The van der Waals surface area contributed by atoms with E-state index in [4.69, 9.17) is 4.74 Å². The number of rotatable bonds is 9. The maximum absolute atomic E-state index is 12.2. The highest BCUT2D eigenvalue weighted by molar-refractivity contribution is 7.88. The van der Waals surface area contributed by atoms with E-state index in [1.165, 1.54) is 17.7 Å². The molecule has 0 heterocycles. The van der Waals surface area contributed by atoms with E-state index < -0.39 is 10.0 Å². The number of sulfonamides is 1. The van der Waals surface area contributed by atoms with Crippen LogP contribution in [0.15, 0.2) is 18.2 Å². The predicted molar refractivity (Wildman–Crippen MR) is 101 cm³/mol. The third-order valence-corrected chi connectivity index (χ3v) is 5.30. The van der Waals surface area contributed by atoms with Crippen LogP contribution in [0.4, 0.5) is 11.4 Å². The zero-order valence-electron chi connectivity index (χ0n) is 15.9. The number of hydrogen-bond donors (Lipinski definition) is 1. The first-order valence-electron chi connectivity index (χ1n) is 8.16. The Bertz CT molecular complexity index is 689. The lowest BCUT2D eigenvalue weighted by Gasteiger charge is -2.28. The summed E-state index contributed by atoms with van der Waals surface area (Å²) in [5.74, 6) is -0.257. The topological polar surface area (TPSA) is 79.0 Å². The van der Waals surface area contributed by atoms with Crippen molar-refractivity contribution in [3.05, 3.63) is 23.8 Å². The fourth-order valence-corrected chi connectivity index (χ4v) is 3.70. The molecule has 0 aliphatic carbocycles. The number of carbonyl (C=O) groups excluding carboxylic acids is 1. The van der Waals surface area contributed by atoms with Crippen LogP contribution in [-0.4, -0.2) is 58.7 Å². The van der Waals surface area contributed by atoms with Crippen LogP contribution in [0.25, 0.3) is 0 Å². The molecule has 7 nitrogen and oxygen atoms in total. The van der Waals surface area contributed by atoms with Crippen LogP contribution in [0.1, 0.15) is 25.8 Å². The van der Waals surface area contributed by atoms with Gasteiger partial charge in [0, 0.05) is 45.2 Å². The van der Waals surface area contributed by atoms with Crippen LogP contribution >= 0.6 is 0 Å². The van der Waals surface area contributed by atoms with Gasteiger partial charge in [-0.15, -0.1) is 0 Å². The molecular weight excluding hydrogens is 342 g/mol. The van der Waals surface area contributed by atoms with Crippen molar-refractivity contribution in [1.82, 2.24) is 4.31 Å². The zero-order valence-corrected chi connectivity index (χ0v) is 16.7. The fraction of sp³-hybridized carbons (Fsp3) is 0.588. The van der Waals surface area contributed by atoms with E-state index in [-0.39, 0.29) is 25.1 Å². The number of anilines is 2. The lowest BCUT2D eigenvalue weighted by atomic mass is 10.1. The summed E-state index contributed by atoms with van der Waals surface area (Å²) in [6.07, 6.45) is 1.94. The number of ether oxygens (including phenoxy) is 1. The van der Waals surface area contributed by atoms with E-state index in [0.717, 1.165) is 11.3 Å². The van der Waals surface area contributed by atoms with Crippen molar-refractivity contribution in [2.45, 2.75) is 32.9 Å². The molecule has 1 unspecified atom stereocenters. The summed E-state index contributed by atoms with van der Waals surface area (Å²) in [6, 6.07) is 5.36. The Hall–Kier alpha value is -1.64. The molecule has 1 aromatic carbocycles. The molecule has 25 heavy (non-hydrogen) atoms. The summed E-state index contributed by atoms with van der Waals surface area (Å²) < 4.78 is 30.7. The number of hydrogen-bond acceptors (Lipinski definition) is 5. The molecule has 8 heteroatoms. The van der Waals surface area contributed by atoms with Crippen LogP contribution in [0.2, 0.25) is 0 Å². The highest BCUT2D eigenvalue weighted by Crippen LogP contribution is 2.26. The maximum atomic E-state index is 12.2. The van der Waals surface area contributed by atoms with Crippen LogP contribution in [0.5, 0.6) is 0 Å². The molecule has 1 rings (SSSR count). The van der Waals surface area contributed by atoms with Gasteiger partial charge in [-0.3, -0.25) is 4.79 Å². The van der Waals surface area contributed by atoms with E-state index in [9.17, 15) is 13.2 Å². The number of benzene rings is 1. The molecule has 0 radical (unpaired) electrons. The van der Waals surface area contributed by atoms with Crippen molar-refractivity contribution in [3.8, 4) is 0 Å². The van der Waals surface area contributed by atoms with Gasteiger partial charge in [-0.2, -0.15) is 4.31 Å². The molecule has 1 N–H and O–H groups in total. The minimum atomic E-state index is -3.35. The van der Waals surface area contributed by atoms with Crippen molar-refractivity contribution < 1.29 is 17.9 Å². The second-order valence-electron chi connectivity index (χ2n) is 6.28. The molecule has 0 bridgehead atoms. The Labute approximate surface area is 151 Å². The van der Waals surface area contributed by atoms with E-state index in [1.807, 2.05) is 45.0 Å². The first-order valence-corrected chi connectivity index (χ1v) is 10.0. The van der Waals surface area contributed by atoms with Crippen molar-refractivity contribution in [2.24, 2.45) is 0 Å². The second kappa shape index (κ2) is 9.17. The number of carbonyl (C=O) groups is 1. The Morgan fingerprint density at radius 1 is 1.32 bits per heavy atom. The third-order valence-electron chi connectivity index (χ3n) is 3.96. The second-order valence-corrected chi connectivity index (χ2v) is 8.22. The molecule has 0 saturated carbocycles. The SMILES string of the molecule is CCC(C)N(Cc1cc(NC(=O)COC)ccc1N(C)C)S(C)(=O)=O. The minimum Gasteiger partial charge on any atom is -0.377 e. The summed E-state index contributed by atoms with van der Waals surface area (Å²) in [7, 11) is 1.90. The number of amides is 1. The van der Waals surface area contributed by atoms with Gasteiger partial charge in [0.1, 0.15) is 6.61 Å². The van der Waals surface area contributed by atoms with Gasteiger partial charge in [0.2, 0.25) is 15.9 Å². The Kier molecular flexibility index (Phi) is 7.85. The maximum Gasteiger partial charge on any atom is 0.250 e. The molecule has 0 aliphatic rings. The molecule has 1 amide bonds. The highest BCUT2D eigenvalue weighted by Gasteiger charge is 2.24. The van der Waals surface area contributed by atoms with Crippen LogP contribution in [0.3, 0.4) is 0 Å². The molecule has 0 aliphatic heterocycles. The molecule has 1 aromatic rings. The molecular formula is C17H29N3O4S. The number of nitrogens with one attached hydrogen (secondary N) is 1. The highest BCUT2D eigenvalue weighted by atomic mass is 32.2. The van der Waals surface area contributed by atoms with Crippen molar-refractivity contribution in [2.75, 3.05) is 44.3 Å². The first-order chi connectivity index (χ1) is 11.6. The van der Waals surface area contributed by atoms with Gasteiger partial charge < -0.3 is 15.0 Å². The first kappa shape index (κ1) is 21.4. The van der Waals surface area contributed by atoms with Crippen molar-refractivity contribution in [1.29, 1.82) is 0 Å². The normalized spacial score (nSPS) is 12.9. The third kappa shape index (κ3) is 6.30. The number of methoxy groups -OCH3 is 1. The predicted octanol–water partition coefficient (Wildman–Crippen LogP) is 1.90. The van der Waals surface area contributed by atoms with Gasteiger partial charge in [-0.05, 0) is 37.1 Å². The average molecular weight is 372 g/mol. The van der Waals surface area contributed by atoms with Gasteiger partial charge >= 0.3 is 0 Å². The standard InChI is InChI=1S/C17H29N3O4S/c1-7-13(2)20(25(6,22)23)11-14-10-15(18-17(21)12-24-5)8-9-16(14)19(3)4/h8-10,13H,7,11-12H2,1-6H3,(H,18,21). The fourth-order valence-electron chi connectivity index (χ4n) is 2.53. The molecule has 0 spiro atoms. The average Bonchev–Trinajstić information content (AvgIpc) is 2.50. The van der Waals surface area contributed by atoms with Crippen LogP contribution in [0, 0.1) is 0 Å². The lowest BCUT2D eigenvalue weighted by molar-refractivity contribution is -0.119. The molecule has 1 atom stereocenters. The van der Waals surface area contributed by atoms with E-state index >= 15 is 0 Å². The molecule has 142 valence electrons. The summed E-state index contributed by atoms with van der Waals surface area (Å²) in [6.45, 7) is 4.06. The summed E-state index contributed by atoms with van der Waals surface area (Å²) >= 11 is 0. The van der Waals surface area contributed by atoms with Crippen molar-refractivity contribution in [3.63, 3.8) is 0 Å². The molecule has 0 fully saturated rings. The monoisotopic (exact) mass is 371 g/mol. The Balaban J connectivity index is 3.22. The molecule has 0 aromatic heterocycles. The van der Waals surface area contributed by atoms with Gasteiger partial charge in [-0.1, -0.05) is 6.92 Å². The Morgan fingerprint density at radius 2 is 1.96 bits per heavy atom. The van der Waals surface area contributed by atoms with Gasteiger partial charge in [0.25, 0.3) is 0 Å². The number of nitrogens with zero attached hydrogens (tertiary/aromatic N) is 2. The minimum absolute atomic E-state index is 0.0346. The quantitative estimate of drug-likeness (QED) is 0.717. The van der Waals surface area contributed by atoms with Gasteiger partial charge in [-0.25, -0.2) is 8.42 Å². The van der Waals surface area contributed by atoms with Crippen LogP contribution < -0.4 is 10.2 Å². The summed E-state index contributed by atoms with van der Waals surface area (Å²) in [5.41, 5.74) is 2.34. The van der Waals surface area contributed by atoms with Crippen molar-refractivity contribution >= 4 is 27.3 Å². The van der Waals surface area contributed by atoms with Gasteiger partial charge in [0.05, 0.1) is 6.26 Å². The van der Waals surface area contributed by atoms with Crippen LogP contribution in [-0.2, 0) is 26.1 Å². The Morgan fingerprint density at radius 3 is 2.44 bits per heavy atom. The summed E-state index contributed by atoms with van der Waals surface area (Å²) in [4.78, 5) is 13.6. The zero-order chi connectivity index (χ0) is 19.2. The van der Waals surface area contributed by atoms with Gasteiger partial charge in [0.15, 0.2) is 0 Å². The van der Waals surface area contributed by atoms with E-state index in [2.05, 4.69) is 5.32 Å². The van der Waals surface area contributed by atoms with E-state index in [1.54, 1.807) is 6.07 Å². The summed E-state index contributed by atoms with van der Waals surface area (Å²) in [5, 5.41) is 2.75. The largest absolute Gasteiger partial charge is 0.377 e. The smallest absolute Gasteiger partial charge is 0.250 e. The molecule has 0 saturated heterocycles.